The maximum absolute atomic E-state index is 13.4. The van der Waals surface area contributed by atoms with Gasteiger partial charge in [0.2, 0.25) is 0 Å². The summed E-state index contributed by atoms with van der Waals surface area (Å²) in [5.41, 5.74) is 0.691. The van der Waals surface area contributed by atoms with E-state index in [1.807, 2.05) is 13.8 Å². The highest BCUT2D eigenvalue weighted by Crippen LogP contribution is 2.67. The van der Waals surface area contributed by atoms with Gasteiger partial charge in [0.1, 0.15) is 5.78 Å². The van der Waals surface area contributed by atoms with E-state index in [-0.39, 0.29) is 18.8 Å². The molecule has 0 saturated heterocycles. The van der Waals surface area contributed by atoms with E-state index in [4.69, 9.17) is 4.74 Å². The van der Waals surface area contributed by atoms with Crippen LogP contribution in [-0.2, 0) is 14.3 Å². The third kappa shape index (κ3) is 6.53. The van der Waals surface area contributed by atoms with Crippen LogP contribution in [0.15, 0.2) is 0 Å². The fourth-order valence-electron chi connectivity index (χ4n) is 8.59. The minimum atomic E-state index is -0.0889. The van der Waals surface area contributed by atoms with Gasteiger partial charge in [-0.05, 0) is 85.4 Å². The summed E-state index contributed by atoms with van der Waals surface area (Å²) in [5.74, 6) is 3.86. The molecule has 0 aliphatic heterocycles. The molecule has 4 rings (SSSR count). The van der Waals surface area contributed by atoms with Crippen molar-refractivity contribution in [1.82, 2.24) is 0 Å². The molecule has 3 heteroatoms. The van der Waals surface area contributed by atoms with Gasteiger partial charge >= 0.3 is 5.97 Å². The number of carbonyl (C=O) groups excluding carboxylic acids is 2. The van der Waals surface area contributed by atoms with E-state index in [1.54, 1.807) is 0 Å². The molecule has 0 N–H and O–H groups in total. The molecule has 7 unspecified atom stereocenters. The number of esters is 1. The molecule has 4 fully saturated rings. The molecule has 0 aromatic carbocycles. The first-order chi connectivity index (χ1) is 16.2. The van der Waals surface area contributed by atoms with Crippen molar-refractivity contribution in [2.24, 2.45) is 46.3 Å². The van der Waals surface area contributed by atoms with E-state index in [2.05, 4.69) is 34.6 Å². The lowest BCUT2D eigenvalue weighted by Crippen LogP contribution is -2.56. The first-order valence-corrected chi connectivity index (χ1v) is 14.8. The highest BCUT2D eigenvalue weighted by Gasteiger charge is 2.62. The standard InChI is InChI=1S/C25H40O3.C4H10.C2H6.CH4/c1-16(8-11-22(27)28-4)18-9-10-19-23-20(12-14-25(18,19)3)24(2)13-6-5-7-17(24)15-21(23)26;1-3-4-2;1-2;/h16-20,23H,5-15H2,1-4H3;3-4H2,1-2H3;1-2H3;1H4/t16-,17?,18?,19?,20?,23?,24?,25?;;;/m1.../s1. The summed E-state index contributed by atoms with van der Waals surface area (Å²) in [6, 6.07) is 0. The Balaban J connectivity index is 0.000000797. The van der Waals surface area contributed by atoms with Crippen molar-refractivity contribution in [3.05, 3.63) is 0 Å². The molecule has 0 amide bonds. The Morgan fingerprint density at radius 1 is 0.971 bits per heavy atom. The minimum Gasteiger partial charge on any atom is -0.469 e. The summed E-state index contributed by atoms with van der Waals surface area (Å²) >= 11 is 0. The van der Waals surface area contributed by atoms with Gasteiger partial charge in [-0.3, -0.25) is 9.59 Å². The number of unbranched alkanes of at least 4 members (excludes halogenated alkanes) is 1. The molecule has 3 nitrogen and oxygen atoms in total. The molecule has 4 aliphatic carbocycles. The van der Waals surface area contributed by atoms with Gasteiger partial charge in [-0.15, -0.1) is 0 Å². The first kappa shape index (κ1) is 32.2. The molecular formula is C32H60O3. The second kappa shape index (κ2) is 14.2. The zero-order valence-electron chi connectivity index (χ0n) is 23.9. The molecule has 206 valence electrons. The second-order valence-electron chi connectivity index (χ2n) is 12.2. The Morgan fingerprint density at radius 3 is 2.20 bits per heavy atom. The number of Topliss-reactive ketones (excluding diaryl/α,β-unsaturated/α-hetero) is 1. The van der Waals surface area contributed by atoms with Crippen molar-refractivity contribution in [2.75, 3.05) is 7.11 Å². The lowest BCUT2D eigenvalue weighted by Gasteiger charge is -2.60. The van der Waals surface area contributed by atoms with Crippen LogP contribution in [0.25, 0.3) is 0 Å². The van der Waals surface area contributed by atoms with Crippen LogP contribution >= 0.6 is 0 Å². The highest BCUT2D eigenvalue weighted by atomic mass is 16.5. The summed E-state index contributed by atoms with van der Waals surface area (Å²) in [7, 11) is 1.48. The fraction of sp³-hybridized carbons (Fsp3) is 0.938. The third-order valence-electron chi connectivity index (χ3n) is 10.7. The van der Waals surface area contributed by atoms with E-state index in [9.17, 15) is 9.59 Å². The summed E-state index contributed by atoms with van der Waals surface area (Å²) < 4.78 is 4.86. The SMILES string of the molecule is C.CC.CCCC.COC(=O)CC[C@@H](C)C1CCC2C3C(=O)CC4CCCCC4(C)C3CCC21C. The number of methoxy groups -OCH3 is 1. The molecule has 0 bridgehead atoms. The van der Waals surface area contributed by atoms with Crippen molar-refractivity contribution >= 4 is 11.8 Å². The molecule has 35 heavy (non-hydrogen) atoms. The van der Waals surface area contributed by atoms with Crippen LogP contribution < -0.4 is 0 Å². The van der Waals surface area contributed by atoms with Gasteiger partial charge in [-0.25, -0.2) is 0 Å². The second-order valence-corrected chi connectivity index (χ2v) is 12.2. The monoisotopic (exact) mass is 492 g/mol. The molecule has 0 spiro atoms. The van der Waals surface area contributed by atoms with Gasteiger partial charge in [0.05, 0.1) is 7.11 Å². The first-order valence-electron chi connectivity index (χ1n) is 14.8. The number of carbonyl (C=O) groups is 2. The van der Waals surface area contributed by atoms with Gasteiger partial charge in [-0.2, -0.15) is 0 Å². The number of rotatable bonds is 5. The van der Waals surface area contributed by atoms with Crippen LogP contribution in [0, 0.1) is 46.3 Å². The zero-order chi connectivity index (χ0) is 25.5. The van der Waals surface area contributed by atoms with Gasteiger partial charge in [0, 0.05) is 18.8 Å². The summed E-state index contributed by atoms with van der Waals surface area (Å²) in [4.78, 5) is 25.0. The van der Waals surface area contributed by atoms with Crippen molar-refractivity contribution < 1.29 is 14.3 Å². The van der Waals surface area contributed by atoms with Crippen LogP contribution in [0.1, 0.15) is 139 Å². The maximum atomic E-state index is 13.4. The highest BCUT2D eigenvalue weighted by molar-refractivity contribution is 5.83. The average molecular weight is 493 g/mol. The normalized spacial score (nSPS) is 38.1. The molecule has 8 atom stereocenters. The Morgan fingerprint density at radius 2 is 1.60 bits per heavy atom. The van der Waals surface area contributed by atoms with Gasteiger partial charge < -0.3 is 4.74 Å². The lowest BCUT2D eigenvalue weighted by molar-refractivity contribution is -0.156. The van der Waals surface area contributed by atoms with E-state index in [0.29, 0.717) is 53.1 Å². The Bertz CT molecular complexity index is 655. The molecule has 0 aromatic rings. The van der Waals surface area contributed by atoms with Gasteiger partial charge in [0.25, 0.3) is 0 Å². The number of hydrogen-bond donors (Lipinski definition) is 0. The van der Waals surface area contributed by atoms with Crippen LogP contribution in [0.3, 0.4) is 0 Å². The Labute approximate surface area is 218 Å². The van der Waals surface area contributed by atoms with Crippen molar-refractivity contribution in [3.8, 4) is 0 Å². The van der Waals surface area contributed by atoms with Crippen LogP contribution in [-0.4, -0.2) is 18.9 Å². The average Bonchev–Trinajstić information content (AvgIpc) is 3.21. The smallest absolute Gasteiger partial charge is 0.305 e. The molecule has 0 heterocycles. The predicted molar refractivity (Wildman–Crippen MR) is 149 cm³/mol. The van der Waals surface area contributed by atoms with E-state index < -0.39 is 0 Å². The molecule has 4 aliphatic rings. The van der Waals surface area contributed by atoms with Crippen LogP contribution in [0.4, 0.5) is 0 Å². The maximum Gasteiger partial charge on any atom is 0.305 e. The van der Waals surface area contributed by atoms with E-state index in [1.165, 1.54) is 71.3 Å². The molecular weight excluding hydrogens is 432 g/mol. The zero-order valence-corrected chi connectivity index (χ0v) is 23.9. The topological polar surface area (TPSA) is 43.4 Å². The molecule has 4 saturated carbocycles. The van der Waals surface area contributed by atoms with E-state index in [0.717, 1.165) is 12.8 Å². The van der Waals surface area contributed by atoms with Gasteiger partial charge in [-0.1, -0.05) is 81.6 Å². The number of fused-ring (bicyclic) bond motifs is 5. The number of ketones is 1. The van der Waals surface area contributed by atoms with Crippen molar-refractivity contribution in [2.45, 2.75) is 139 Å². The number of ether oxygens (including phenoxy) is 1. The predicted octanol–water partition coefficient (Wildman–Crippen LogP) is 9.27. The summed E-state index contributed by atoms with van der Waals surface area (Å²) in [6.45, 7) is 15.7. The fourth-order valence-corrected chi connectivity index (χ4v) is 8.59. The minimum absolute atomic E-state index is 0. The molecule has 0 aromatic heterocycles. The van der Waals surface area contributed by atoms with E-state index >= 15 is 0 Å². The summed E-state index contributed by atoms with van der Waals surface area (Å²) in [6.07, 6.45) is 15.2. The quantitative estimate of drug-likeness (QED) is 0.359. The van der Waals surface area contributed by atoms with Crippen LogP contribution in [0.5, 0.6) is 0 Å². The van der Waals surface area contributed by atoms with Crippen molar-refractivity contribution in [3.63, 3.8) is 0 Å². The van der Waals surface area contributed by atoms with Crippen LogP contribution in [0.2, 0.25) is 0 Å². The van der Waals surface area contributed by atoms with Crippen molar-refractivity contribution in [1.29, 1.82) is 0 Å². The van der Waals surface area contributed by atoms with Gasteiger partial charge in [0.15, 0.2) is 0 Å². The third-order valence-corrected chi connectivity index (χ3v) is 10.7. The largest absolute Gasteiger partial charge is 0.469 e. The summed E-state index contributed by atoms with van der Waals surface area (Å²) in [5, 5.41) is 0. The Hall–Kier alpha value is -0.860. The Kier molecular flexibility index (Phi) is 13.0. The number of hydrogen-bond acceptors (Lipinski definition) is 3. The molecule has 0 radical (unpaired) electrons. The lowest BCUT2D eigenvalue weighted by atomic mass is 9.44.